The fourth-order valence-corrected chi connectivity index (χ4v) is 22.4. The van der Waals surface area contributed by atoms with Crippen molar-refractivity contribution >= 4 is 95.0 Å². The molecular formula is C66H155N9O27Si8. The van der Waals surface area contributed by atoms with Crippen molar-refractivity contribution in [1.82, 2.24) is 20.4 Å². The number of hydrogen-bond acceptors (Lipinski definition) is 34. The Morgan fingerprint density at radius 2 is 0.500 bits per heavy atom. The van der Waals surface area contributed by atoms with E-state index in [-0.39, 0.29) is 77.1 Å². The van der Waals surface area contributed by atoms with Gasteiger partial charge in [-0.05, 0) is 173 Å². The smallest absolute Gasteiger partial charge is 0.469 e. The molecule has 44 heteroatoms. The third-order valence-electron chi connectivity index (χ3n) is 19.0. The molecule has 110 heavy (non-hydrogen) atoms. The quantitative estimate of drug-likeness (QED) is 0.0247. The third-order valence-corrected chi connectivity index (χ3v) is 36.0. The molecular weight excluding hydrogens is 1580 g/mol. The summed E-state index contributed by atoms with van der Waals surface area (Å²) in [7, 11) is 17.5. The number of nitrogens with zero attached hydrogens (tertiary/aromatic N) is 2. The number of ether oxygens (including phenoxy) is 1. The Kier molecular flexibility index (Phi) is 76.1. The maximum absolute atomic E-state index is 12.4. The van der Waals surface area contributed by atoms with E-state index >= 15 is 0 Å². The second-order valence-electron chi connectivity index (χ2n) is 27.4. The second-order valence-corrected chi connectivity index (χ2v) is 46.3. The Morgan fingerprint density at radius 3 is 0.673 bits per heavy atom. The zero-order valence-electron chi connectivity index (χ0n) is 73.1. The van der Waals surface area contributed by atoms with E-state index in [2.05, 4.69) is 94.7 Å². The molecule has 0 atom stereocenters. The summed E-state index contributed by atoms with van der Waals surface area (Å²) in [6, 6.07) is 4.91. The molecule has 36 nitrogen and oxygen atoms in total. The Balaban J connectivity index is -0.000000231. The van der Waals surface area contributed by atoms with Crippen molar-refractivity contribution in [1.29, 1.82) is 0 Å². The molecule has 2 aliphatic heterocycles. The zero-order valence-corrected chi connectivity index (χ0v) is 81.1. The summed E-state index contributed by atoms with van der Waals surface area (Å²) >= 11 is 0. The van der Waals surface area contributed by atoms with Gasteiger partial charge in [0.25, 0.3) is 0 Å². The highest BCUT2D eigenvalue weighted by molar-refractivity contribution is 6.62. The highest BCUT2D eigenvalue weighted by Crippen LogP contribution is 2.38. The molecule has 0 aromatic carbocycles. The number of nitrogens with two attached hydrogens (primary N) is 5. The minimum Gasteiger partial charge on any atom is -0.469 e. The van der Waals surface area contributed by atoms with Crippen LogP contribution in [0.25, 0.3) is 0 Å². The van der Waals surface area contributed by atoms with Gasteiger partial charge in [-0.1, -0.05) is 0 Å². The summed E-state index contributed by atoms with van der Waals surface area (Å²) in [5.74, 6) is -0.312. The van der Waals surface area contributed by atoms with Crippen molar-refractivity contribution in [3.05, 3.63) is 0 Å². The number of hydrogen-bond donors (Lipinski definition) is 7. The molecule has 0 unspecified atom stereocenters. The first-order chi connectivity index (χ1) is 51.5. The molecule has 0 aromatic heterocycles. The summed E-state index contributed by atoms with van der Waals surface area (Å²) in [5.41, 5.74) is 26.9. The van der Waals surface area contributed by atoms with Crippen molar-refractivity contribution < 1.29 is 121 Å². The van der Waals surface area contributed by atoms with E-state index in [4.69, 9.17) is 126 Å². The van der Waals surface area contributed by atoms with Crippen LogP contribution in [-0.2, 0) is 121 Å². The van der Waals surface area contributed by atoms with Crippen LogP contribution in [0.5, 0.6) is 0 Å². The SMILES string of the molecule is COC(=O)CCC(=O)NC1CC(C)(C)N(C)C(C)(C)C1.CO[Si](CCCCC(=O)CCC(=O)NC1CC(C)(C)N(C)C(C)(C)C1)(OC)OC.CO[Si](CCCN)(OC)OC.CO[Si](CCCN)(OC)OC.CO[Si](CCCN)(OC)OC.CO[Si](CCCN)(OC)OC.CO[Si](CCCN)(OC)OC.O=[Si]=O.O=[Si]=O. The van der Waals surface area contributed by atoms with Crippen LogP contribution in [0.1, 0.15) is 158 Å². The lowest BCUT2D eigenvalue weighted by atomic mass is 9.77. The molecule has 0 aliphatic carbocycles. The first kappa shape index (κ1) is 121. The number of amides is 2. The monoisotopic (exact) mass is 1730 g/mol. The molecule has 0 aromatic rings. The number of likely N-dealkylation sites (tertiary alicyclic amines) is 2. The predicted octanol–water partition coefficient (Wildman–Crippen LogP) is 4.69. The number of methoxy groups -OCH3 is 1. The number of esters is 1. The number of nitrogens with one attached hydrogen (secondary N) is 2. The van der Waals surface area contributed by atoms with Crippen LogP contribution in [0.2, 0.25) is 36.3 Å². The van der Waals surface area contributed by atoms with Crippen molar-refractivity contribution in [2.24, 2.45) is 28.7 Å². The molecule has 2 saturated heterocycles. The molecule has 2 heterocycles. The minimum atomic E-state index is -2.56. The maximum Gasteiger partial charge on any atom is 0.549 e. The van der Waals surface area contributed by atoms with Gasteiger partial charge in [0, 0.05) is 224 Å². The summed E-state index contributed by atoms with van der Waals surface area (Å²) in [6.07, 6.45) is 11.0. The molecule has 0 radical (unpaired) electrons. The van der Waals surface area contributed by atoms with Gasteiger partial charge in [0.1, 0.15) is 5.78 Å². The summed E-state index contributed by atoms with van der Waals surface area (Å²) in [5, 5.41) is 6.21. The van der Waals surface area contributed by atoms with Crippen LogP contribution < -0.4 is 39.3 Å². The molecule has 12 N–H and O–H groups in total. The number of Topliss-reactive ketones (excluding diaryl/α,β-unsaturated/α-hetero) is 1. The van der Waals surface area contributed by atoms with Crippen molar-refractivity contribution in [2.75, 3.05) is 182 Å². The van der Waals surface area contributed by atoms with Gasteiger partial charge >= 0.3 is 77.4 Å². The molecule has 0 spiro atoms. The number of carbonyl (C=O) groups excluding carboxylic acids is 4. The Hall–Kier alpha value is -1.98. The molecule has 0 saturated carbocycles. The molecule has 2 aliphatic rings. The Bertz CT molecular complexity index is 2110. The van der Waals surface area contributed by atoms with E-state index < -0.39 is 71.4 Å². The van der Waals surface area contributed by atoms with E-state index in [1.54, 1.807) is 128 Å². The van der Waals surface area contributed by atoms with Gasteiger partial charge in [0.15, 0.2) is 0 Å². The van der Waals surface area contributed by atoms with Gasteiger partial charge in [0.05, 0.1) is 13.5 Å². The van der Waals surface area contributed by atoms with Crippen LogP contribution in [0.15, 0.2) is 0 Å². The molecule has 658 valence electrons. The Morgan fingerprint density at radius 1 is 0.318 bits per heavy atom. The topological polar surface area (TPSA) is 473 Å². The van der Waals surface area contributed by atoms with Gasteiger partial charge in [-0.25, -0.2) is 0 Å². The van der Waals surface area contributed by atoms with Crippen molar-refractivity contribution in [3.63, 3.8) is 0 Å². The normalized spacial score (nSPS) is 15.4. The zero-order chi connectivity index (χ0) is 87.0. The molecule has 0 bridgehead atoms. The second kappa shape index (κ2) is 69.0. The lowest BCUT2D eigenvalue weighted by Crippen LogP contribution is -2.62. The lowest BCUT2D eigenvalue weighted by molar-refractivity contribution is -0.142. The number of ketones is 1. The standard InChI is InChI=1S/C21H42N2O5Si.C15H28N2O3.5C6H17NO3Si.2O2Si/c1-20(2)15-17(16-21(3,4)23(20)5)22-19(25)13-12-18(24)11-9-10-14-29(26-6,27-7)28-8;1-14(2)9-11(10-15(3,4)17(14)5)16-12(18)7-8-13(19)20-6;5*1-8-11(9-2,10-3)6-4-5-7;2*1-3-2/h17H,9-16H2,1-8H3,(H,22,25);11H,7-10H2,1-6H3,(H,16,18);5*4-7H2,1-3H3;;. The highest BCUT2D eigenvalue weighted by atomic mass is 28.4. The number of unbranched alkanes of at least 4 members (excludes halogenated alkanes) is 1. The van der Waals surface area contributed by atoms with Crippen LogP contribution in [0, 0.1) is 0 Å². The van der Waals surface area contributed by atoms with Gasteiger partial charge in [0.2, 0.25) is 11.8 Å². The van der Waals surface area contributed by atoms with Crippen LogP contribution in [-0.4, -0.2) is 321 Å². The fourth-order valence-electron chi connectivity index (χ4n) is 11.8. The van der Waals surface area contributed by atoms with Gasteiger partial charge in [-0.2, -0.15) is 0 Å². The Labute approximate surface area is 672 Å². The van der Waals surface area contributed by atoms with Gasteiger partial charge in [-0.15, -0.1) is 0 Å². The largest absolute Gasteiger partial charge is 0.549 e. The van der Waals surface area contributed by atoms with Gasteiger partial charge in [-0.3, -0.25) is 46.8 Å². The van der Waals surface area contributed by atoms with E-state index in [0.717, 1.165) is 101 Å². The third kappa shape index (κ3) is 52.7. The van der Waals surface area contributed by atoms with Crippen LogP contribution in [0.4, 0.5) is 0 Å². The van der Waals surface area contributed by atoms with Gasteiger partial charge < -0.3 is 124 Å². The number of carbonyl (C=O) groups is 4. The predicted molar refractivity (Wildman–Crippen MR) is 436 cm³/mol. The van der Waals surface area contributed by atoms with E-state index in [1.165, 1.54) is 7.11 Å². The average molecular weight is 1730 g/mol. The number of rotatable bonds is 46. The maximum atomic E-state index is 12.4. The van der Waals surface area contributed by atoms with Crippen molar-refractivity contribution in [3.8, 4) is 0 Å². The molecule has 2 rings (SSSR count). The number of piperidine rings is 2. The molecule has 2 fully saturated rings. The van der Waals surface area contributed by atoms with Crippen molar-refractivity contribution in [2.45, 2.75) is 229 Å². The van der Waals surface area contributed by atoms with E-state index in [1.807, 2.05) is 0 Å². The fraction of sp³-hybridized carbons (Fsp3) is 0.939. The van der Waals surface area contributed by atoms with E-state index in [9.17, 15) is 19.2 Å². The summed E-state index contributed by atoms with van der Waals surface area (Å²) in [4.78, 5) is 52.2. The summed E-state index contributed by atoms with van der Waals surface area (Å²) < 4.78 is 132. The minimum absolute atomic E-state index is 0.0240. The highest BCUT2D eigenvalue weighted by Gasteiger charge is 2.46. The first-order valence-electron chi connectivity index (χ1n) is 36.6. The lowest BCUT2D eigenvalue weighted by Gasteiger charge is -2.53. The van der Waals surface area contributed by atoms with Crippen LogP contribution in [0.3, 0.4) is 0 Å². The first-order valence-corrected chi connectivity index (χ1v) is 49.8. The van der Waals surface area contributed by atoms with E-state index in [0.29, 0.717) is 51.6 Å². The molecule has 2 amide bonds. The summed E-state index contributed by atoms with van der Waals surface area (Å²) in [6.45, 7) is 20.9. The van der Waals surface area contributed by atoms with Crippen LogP contribution >= 0.6 is 0 Å². The average Bonchev–Trinajstić information content (AvgIpc) is 0.785.